The quantitative estimate of drug-likeness (QED) is 0.243. The highest BCUT2D eigenvalue weighted by Crippen LogP contribution is 2.32. The Labute approximate surface area is 226 Å². The van der Waals surface area contributed by atoms with Crippen LogP contribution in [0.4, 0.5) is 10.1 Å². The van der Waals surface area contributed by atoms with Crippen LogP contribution in [0, 0.1) is 19.7 Å². The molecule has 3 aromatic carbocycles. The van der Waals surface area contributed by atoms with Gasteiger partial charge >= 0.3 is 0 Å². The molecule has 5 rings (SSSR count). The van der Waals surface area contributed by atoms with Crippen LogP contribution in [0.3, 0.4) is 0 Å². The molecule has 0 spiro atoms. The summed E-state index contributed by atoms with van der Waals surface area (Å²) in [5, 5.41) is 6.38. The van der Waals surface area contributed by atoms with Crippen molar-refractivity contribution in [3.8, 4) is 11.4 Å². The molecule has 1 aromatic heterocycles. The summed E-state index contributed by atoms with van der Waals surface area (Å²) in [6.45, 7) is 6.39. The van der Waals surface area contributed by atoms with Crippen molar-refractivity contribution in [2.24, 2.45) is 0 Å². The molecule has 38 heavy (non-hydrogen) atoms. The third-order valence-corrected chi connectivity index (χ3v) is 7.62. The molecule has 2 N–H and O–H groups in total. The first-order chi connectivity index (χ1) is 18.4. The predicted molar refractivity (Wildman–Crippen MR) is 153 cm³/mol. The number of aromatic nitrogens is 1. The van der Waals surface area contributed by atoms with E-state index in [4.69, 9.17) is 4.74 Å². The average molecular weight is 528 g/mol. The molecular weight excluding hydrogens is 497 g/mol. The molecule has 1 saturated heterocycles. The lowest BCUT2D eigenvalue weighted by Crippen LogP contribution is -2.30. The first-order valence-corrected chi connectivity index (χ1v) is 13.5. The van der Waals surface area contributed by atoms with Gasteiger partial charge in [0.1, 0.15) is 18.2 Å². The first kappa shape index (κ1) is 25.7. The highest BCUT2D eigenvalue weighted by molar-refractivity contribution is 8.05. The predicted octanol–water partition coefficient (Wildman–Crippen LogP) is 6.97. The maximum absolute atomic E-state index is 13.9. The molecule has 1 aliphatic heterocycles. The van der Waals surface area contributed by atoms with Crippen LogP contribution < -0.4 is 15.4 Å². The fourth-order valence-corrected chi connectivity index (χ4v) is 5.47. The Morgan fingerprint density at radius 3 is 2.50 bits per heavy atom. The molecule has 1 fully saturated rings. The molecule has 0 saturated carbocycles. The van der Waals surface area contributed by atoms with Crippen LogP contribution in [0.25, 0.3) is 11.8 Å². The number of carbonyl (C=O) groups excluding carboxylic acids is 1. The number of carbonyl (C=O) groups is 1. The summed E-state index contributed by atoms with van der Waals surface area (Å²) < 4.78 is 21.8. The second kappa shape index (κ2) is 11.2. The van der Waals surface area contributed by atoms with Crippen LogP contribution in [0.2, 0.25) is 0 Å². The number of hydrogen-bond acceptors (Lipinski definition) is 4. The van der Waals surface area contributed by atoms with E-state index in [2.05, 4.69) is 40.3 Å². The van der Waals surface area contributed by atoms with Gasteiger partial charge in [-0.15, -0.1) is 0 Å². The van der Waals surface area contributed by atoms with Crippen LogP contribution in [0.15, 0.2) is 83.8 Å². The highest BCUT2D eigenvalue weighted by atomic mass is 32.2. The van der Waals surface area contributed by atoms with Crippen molar-refractivity contribution in [1.82, 2.24) is 9.88 Å². The van der Waals surface area contributed by atoms with Crippen molar-refractivity contribution < 1.29 is 13.9 Å². The van der Waals surface area contributed by atoms with E-state index in [9.17, 15) is 9.18 Å². The summed E-state index contributed by atoms with van der Waals surface area (Å²) in [5.74, 6) is 0.314. The van der Waals surface area contributed by atoms with E-state index in [-0.39, 0.29) is 23.8 Å². The van der Waals surface area contributed by atoms with Gasteiger partial charge in [-0.2, -0.15) is 0 Å². The van der Waals surface area contributed by atoms with E-state index in [1.807, 2.05) is 56.3 Å². The summed E-state index contributed by atoms with van der Waals surface area (Å²) in [7, 11) is 0. The Balaban J connectivity index is 1.28. The summed E-state index contributed by atoms with van der Waals surface area (Å²) >= 11 is 1.48. The number of amides is 1. The summed E-state index contributed by atoms with van der Waals surface area (Å²) in [6, 6.07) is 24.7. The van der Waals surface area contributed by atoms with E-state index in [1.54, 1.807) is 18.2 Å². The number of rotatable bonds is 8. The number of anilines is 1. The van der Waals surface area contributed by atoms with E-state index >= 15 is 0 Å². The molecule has 194 valence electrons. The molecule has 1 atom stereocenters. The lowest BCUT2D eigenvalue weighted by atomic mass is 10.1. The van der Waals surface area contributed by atoms with Gasteiger partial charge in [0.2, 0.25) is 0 Å². The monoisotopic (exact) mass is 527 g/mol. The minimum absolute atomic E-state index is 0.0844. The minimum atomic E-state index is -0.272. The summed E-state index contributed by atoms with van der Waals surface area (Å²) in [5.41, 5.74) is 6.63. The Hall–Kier alpha value is -3.97. The van der Waals surface area contributed by atoms with E-state index < -0.39 is 0 Å². The van der Waals surface area contributed by atoms with Gasteiger partial charge in [0, 0.05) is 28.3 Å². The molecule has 0 bridgehead atoms. The number of nitrogens with zero attached hydrogens (tertiary/aromatic N) is 1. The lowest BCUT2D eigenvalue weighted by Gasteiger charge is -2.13. The zero-order valence-electron chi connectivity index (χ0n) is 21.6. The van der Waals surface area contributed by atoms with Gasteiger partial charge in [0.15, 0.2) is 5.50 Å². The Kier molecular flexibility index (Phi) is 7.56. The molecular formula is C31H30FN3O2S. The largest absolute Gasteiger partial charge is 0.489 e. The molecule has 0 radical (unpaired) electrons. The van der Waals surface area contributed by atoms with Gasteiger partial charge < -0.3 is 19.9 Å². The van der Waals surface area contributed by atoms with Gasteiger partial charge in [-0.3, -0.25) is 4.79 Å². The number of halogens is 1. The molecule has 4 aromatic rings. The van der Waals surface area contributed by atoms with Gasteiger partial charge in [0.05, 0.1) is 4.91 Å². The summed E-state index contributed by atoms with van der Waals surface area (Å²) in [4.78, 5) is 13.4. The first-order valence-electron chi connectivity index (χ1n) is 12.6. The normalized spacial score (nSPS) is 16.1. The van der Waals surface area contributed by atoms with Crippen molar-refractivity contribution in [2.75, 3.05) is 5.32 Å². The number of hydrogen-bond donors (Lipinski definition) is 2. The van der Waals surface area contributed by atoms with Gasteiger partial charge in [-0.05, 0) is 86.0 Å². The highest BCUT2D eigenvalue weighted by Gasteiger charge is 2.27. The van der Waals surface area contributed by atoms with E-state index in [0.29, 0.717) is 16.2 Å². The zero-order valence-corrected chi connectivity index (χ0v) is 22.4. The molecule has 1 amide bonds. The van der Waals surface area contributed by atoms with Crippen LogP contribution in [0.1, 0.15) is 35.0 Å². The Morgan fingerprint density at radius 2 is 1.79 bits per heavy atom. The smallest absolute Gasteiger partial charge is 0.260 e. The topological polar surface area (TPSA) is 55.3 Å². The van der Waals surface area contributed by atoms with Crippen molar-refractivity contribution in [2.45, 2.75) is 39.3 Å². The fraction of sp³-hybridized carbons (Fsp3) is 0.194. The van der Waals surface area contributed by atoms with E-state index in [0.717, 1.165) is 34.7 Å². The van der Waals surface area contributed by atoms with Crippen LogP contribution in [-0.4, -0.2) is 16.0 Å². The molecule has 2 heterocycles. The number of ether oxygens (including phenoxy) is 1. The van der Waals surface area contributed by atoms with Crippen molar-refractivity contribution in [3.05, 3.63) is 118 Å². The second-order valence-electron chi connectivity index (χ2n) is 9.21. The van der Waals surface area contributed by atoms with Crippen LogP contribution in [0.5, 0.6) is 5.75 Å². The molecule has 0 unspecified atom stereocenters. The van der Waals surface area contributed by atoms with Gasteiger partial charge in [0.25, 0.3) is 5.91 Å². The Morgan fingerprint density at radius 1 is 1.05 bits per heavy atom. The third-order valence-electron chi connectivity index (χ3n) is 6.59. The third kappa shape index (κ3) is 5.63. The number of benzene rings is 3. The van der Waals surface area contributed by atoms with Crippen LogP contribution >= 0.6 is 11.8 Å². The minimum Gasteiger partial charge on any atom is -0.489 e. The van der Waals surface area contributed by atoms with Crippen molar-refractivity contribution in [1.29, 1.82) is 0 Å². The van der Waals surface area contributed by atoms with E-state index in [1.165, 1.54) is 23.4 Å². The zero-order chi connectivity index (χ0) is 26.6. The SMILES string of the molecule is CCc1ccc(N[C@@H]2NC(=O)/C(=C/c3cc(C)n(-c4ccc(OCc5ccccc5F)cc4)c3C)S2)cc1. The molecule has 1 aliphatic rings. The summed E-state index contributed by atoms with van der Waals surface area (Å²) in [6.07, 6.45) is 2.94. The maximum Gasteiger partial charge on any atom is 0.260 e. The van der Waals surface area contributed by atoms with Gasteiger partial charge in [-0.1, -0.05) is 49.0 Å². The Bertz CT molecular complexity index is 1480. The number of nitrogens with one attached hydrogen (secondary N) is 2. The second-order valence-corrected chi connectivity index (χ2v) is 10.4. The van der Waals surface area contributed by atoms with Gasteiger partial charge in [-0.25, -0.2) is 4.39 Å². The number of thioether (sulfide) groups is 1. The lowest BCUT2D eigenvalue weighted by molar-refractivity contribution is -0.116. The maximum atomic E-state index is 13.9. The average Bonchev–Trinajstić information content (AvgIpc) is 3.41. The van der Waals surface area contributed by atoms with Crippen LogP contribution in [-0.2, 0) is 17.8 Å². The van der Waals surface area contributed by atoms with Crippen molar-refractivity contribution >= 4 is 29.4 Å². The molecule has 7 heteroatoms. The standard InChI is InChI=1S/C31H30FN3O2S/c1-4-22-9-11-25(12-10-22)33-31-34-30(36)29(38-31)18-24-17-20(2)35(21(24)3)26-13-15-27(16-14-26)37-19-23-7-5-6-8-28(23)32/h5-18,31,33H,4,19H2,1-3H3,(H,34,36)/b29-18-/t31-/m1/s1. The molecule has 5 nitrogen and oxygen atoms in total. The number of aryl methyl sites for hydroxylation is 2. The van der Waals surface area contributed by atoms with Crippen molar-refractivity contribution in [3.63, 3.8) is 0 Å². The molecule has 0 aliphatic carbocycles. The fourth-order valence-electron chi connectivity index (χ4n) is 4.49.